The number of nitrogens with two attached hydrogens (primary N) is 1. The number of carbonyl (C=O) groups is 4. The first-order valence-electron chi connectivity index (χ1n) is 8.29. The van der Waals surface area contributed by atoms with E-state index < -0.39 is 54.5 Å². The van der Waals surface area contributed by atoms with Crippen molar-refractivity contribution < 1.29 is 29.4 Å². The number of aliphatic carboxylic acids is 1. The topological polar surface area (TPSA) is 171 Å². The van der Waals surface area contributed by atoms with E-state index in [1.807, 2.05) is 13.8 Å². The SMILES string of the molecule is CC(C)CC(N)C(=O)NC(CS)C(=O)NC(CO)C(=O)NC(CS)C(=O)O. The number of thiol groups is 2. The number of carboxylic acid groups (broad SMARTS) is 1. The first-order chi connectivity index (χ1) is 12.6. The minimum absolute atomic E-state index is 0.0693. The van der Waals surface area contributed by atoms with Gasteiger partial charge in [-0.1, -0.05) is 13.8 Å². The molecule has 156 valence electrons. The molecule has 10 nitrogen and oxygen atoms in total. The Balaban J connectivity index is 4.88. The molecule has 0 bridgehead atoms. The average Bonchev–Trinajstić information content (AvgIpc) is 2.60. The molecule has 4 unspecified atom stereocenters. The second kappa shape index (κ2) is 12.8. The van der Waals surface area contributed by atoms with E-state index in [1.165, 1.54) is 0 Å². The lowest BCUT2D eigenvalue weighted by Gasteiger charge is -2.23. The molecule has 0 aliphatic heterocycles. The van der Waals surface area contributed by atoms with E-state index in [-0.39, 0.29) is 17.4 Å². The van der Waals surface area contributed by atoms with Crippen LogP contribution < -0.4 is 21.7 Å². The first-order valence-corrected chi connectivity index (χ1v) is 9.55. The summed E-state index contributed by atoms with van der Waals surface area (Å²) in [7, 11) is 0. The molecular formula is C15H28N4O6S2. The molecule has 0 aliphatic carbocycles. The third kappa shape index (κ3) is 9.31. The van der Waals surface area contributed by atoms with E-state index in [1.54, 1.807) is 0 Å². The number of hydrogen-bond donors (Lipinski definition) is 8. The summed E-state index contributed by atoms with van der Waals surface area (Å²) in [5.74, 6) is -3.55. The van der Waals surface area contributed by atoms with Gasteiger partial charge in [0.25, 0.3) is 0 Å². The number of aliphatic hydroxyl groups is 1. The third-order valence-electron chi connectivity index (χ3n) is 3.49. The van der Waals surface area contributed by atoms with Crippen LogP contribution in [0.4, 0.5) is 0 Å². The van der Waals surface area contributed by atoms with Crippen molar-refractivity contribution in [2.75, 3.05) is 18.1 Å². The molecule has 0 aromatic carbocycles. The zero-order chi connectivity index (χ0) is 21.1. The van der Waals surface area contributed by atoms with Gasteiger partial charge in [-0.2, -0.15) is 25.3 Å². The lowest BCUT2D eigenvalue weighted by molar-refractivity contribution is -0.141. The van der Waals surface area contributed by atoms with Crippen LogP contribution in [-0.4, -0.2) is 76.2 Å². The van der Waals surface area contributed by atoms with E-state index >= 15 is 0 Å². The van der Waals surface area contributed by atoms with Gasteiger partial charge >= 0.3 is 5.97 Å². The molecule has 7 N–H and O–H groups in total. The number of amides is 3. The summed E-state index contributed by atoms with van der Waals surface area (Å²) in [6.45, 7) is 3.03. The molecule has 27 heavy (non-hydrogen) atoms. The number of nitrogens with one attached hydrogen (secondary N) is 3. The Bertz CT molecular complexity index is 534. The molecule has 12 heteroatoms. The predicted molar refractivity (Wildman–Crippen MR) is 106 cm³/mol. The van der Waals surface area contributed by atoms with Crippen molar-refractivity contribution in [2.24, 2.45) is 11.7 Å². The molecule has 0 rings (SSSR count). The van der Waals surface area contributed by atoms with Crippen LogP contribution in [-0.2, 0) is 19.2 Å². The summed E-state index contributed by atoms with van der Waals surface area (Å²) >= 11 is 7.81. The molecule has 0 fully saturated rings. The van der Waals surface area contributed by atoms with Gasteiger partial charge in [0.05, 0.1) is 12.6 Å². The molecule has 0 heterocycles. The summed E-state index contributed by atoms with van der Waals surface area (Å²) < 4.78 is 0. The molecule has 0 aromatic heterocycles. The van der Waals surface area contributed by atoms with Gasteiger partial charge in [0.2, 0.25) is 17.7 Å². The van der Waals surface area contributed by atoms with Crippen LogP contribution in [0.2, 0.25) is 0 Å². The molecule has 0 spiro atoms. The lowest BCUT2D eigenvalue weighted by atomic mass is 10.0. The molecule has 0 aromatic rings. The summed E-state index contributed by atoms with van der Waals surface area (Å²) in [4.78, 5) is 47.3. The second-order valence-electron chi connectivity index (χ2n) is 6.31. The van der Waals surface area contributed by atoms with Crippen molar-refractivity contribution in [1.29, 1.82) is 0 Å². The van der Waals surface area contributed by atoms with Gasteiger partial charge in [-0.05, 0) is 12.3 Å². The van der Waals surface area contributed by atoms with Gasteiger partial charge in [0.1, 0.15) is 18.1 Å². The Kier molecular flexibility index (Phi) is 12.1. The molecule has 0 saturated carbocycles. The van der Waals surface area contributed by atoms with E-state index in [0.29, 0.717) is 6.42 Å². The van der Waals surface area contributed by atoms with Crippen LogP contribution in [0.5, 0.6) is 0 Å². The Hall–Kier alpha value is -1.50. The zero-order valence-corrected chi connectivity index (χ0v) is 17.0. The van der Waals surface area contributed by atoms with E-state index in [0.717, 1.165) is 0 Å². The Labute approximate surface area is 168 Å². The Morgan fingerprint density at radius 2 is 1.33 bits per heavy atom. The van der Waals surface area contributed by atoms with Crippen molar-refractivity contribution in [3.63, 3.8) is 0 Å². The zero-order valence-electron chi connectivity index (χ0n) is 15.2. The maximum Gasteiger partial charge on any atom is 0.327 e. The monoisotopic (exact) mass is 424 g/mol. The van der Waals surface area contributed by atoms with Crippen LogP contribution >= 0.6 is 25.3 Å². The van der Waals surface area contributed by atoms with Crippen LogP contribution in [0.3, 0.4) is 0 Å². The van der Waals surface area contributed by atoms with Crippen LogP contribution in [0, 0.1) is 5.92 Å². The maximum absolute atomic E-state index is 12.3. The van der Waals surface area contributed by atoms with E-state index in [2.05, 4.69) is 41.2 Å². The smallest absolute Gasteiger partial charge is 0.327 e. The van der Waals surface area contributed by atoms with Gasteiger partial charge in [0, 0.05) is 11.5 Å². The highest BCUT2D eigenvalue weighted by atomic mass is 32.1. The average molecular weight is 425 g/mol. The quantitative estimate of drug-likeness (QED) is 0.164. The number of carboxylic acids is 1. The highest BCUT2D eigenvalue weighted by Gasteiger charge is 2.29. The number of hydrogen-bond acceptors (Lipinski definition) is 8. The largest absolute Gasteiger partial charge is 0.480 e. The second-order valence-corrected chi connectivity index (χ2v) is 7.04. The summed E-state index contributed by atoms with van der Waals surface area (Å²) in [6, 6.07) is -4.56. The van der Waals surface area contributed by atoms with Gasteiger partial charge < -0.3 is 31.9 Å². The van der Waals surface area contributed by atoms with Crippen LogP contribution in [0.1, 0.15) is 20.3 Å². The number of carbonyl (C=O) groups excluding carboxylic acids is 3. The summed E-state index contributed by atoms with van der Waals surface area (Å²) in [5, 5.41) is 25.1. The Morgan fingerprint density at radius 1 is 0.889 bits per heavy atom. The van der Waals surface area contributed by atoms with Crippen molar-refractivity contribution in [3.05, 3.63) is 0 Å². The fraction of sp³-hybridized carbons (Fsp3) is 0.733. The molecule has 4 atom stereocenters. The fourth-order valence-corrected chi connectivity index (χ4v) is 2.52. The first kappa shape index (κ1) is 25.5. The summed E-state index contributed by atoms with van der Waals surface area (Å²) in [6.07, 6.45) is 0.425. The predicted octanol–water partition coefficient (Wildman–Crippen LogP) is -2.25. The van der Waals surface area contributed by atoms with E-state index in [9.17, 15) is 24.3 Å². The van der Waals surface area contributed by atoms with E-state index in [4.69, 9.17) is 10.8 Å². The highest BCUT2D eigenvalue weighted by molar-refractivity contribution is 7.80. The van der Waals surface area contributed by atoms with Crippen molar-refractivity contribution in [3.8, 4) is 0 Å². The fourth-order valence-electron chi connectivity index (χ4n) is 2.01. The normalized spacial score (nSPS) is 15.4. The van der Waals surface area contributed by atoms with Gasteiger partial charge in [-0.15, -0.1) is 0 Å². The lowest BCUT2D eigenvalue weighted by Crippen LogP contribution is -2.58. The standard InChI is InChI=1S/C15H28N4O6S2/c1-7(2)3-8(16)12(21)18-10(5-26)14(23)17-9(4-20)13(22)19-11(6-27)15(24)25/h7-11,20,26-27H,3-6,16H2,1-2H3,(H,17,23)(H,18,21)(H,19,22)(H,24,25). The number of aliphatic hydroxyl groups excluding tert-OH is 1. The van der Waals surface area contributed by atoms with Gasteiger partial charge in [-0.25, -0.2) is 4.79 Å². The maximum atomic E-state index is 12.3. The highest BCUT2D eigenvalue weighted by Crippen LogP contribution is 2.03. The van der Waals surface area contributed by atoms with Crippen LogP contribution in [0.15, 0.2) is 0 Å². The summed E-state index contributed by atoms with van der Waals surface area (Å²) in [5.41, 5.74) is 5.76. The molecule has 0 saturated heterocycles. The molecule has 3 amide bonds. The Morgan fingerprint density at radius 3 is 1.74 bits per heavy atom. The molecule has 0 radical (unpaired) electrons. The molecular weight excluding hydrogens is 396 g/mol. The molecule has 0 aliphatic rings. The minimum Gasteiger partial charge on any atom is -0.480 e. The number of rotatable bonds is 12. The van der Waals surface area contributed by atoms with Crippen molar-refractivity contribution in [2.45, 2.75) is 44.4 Å². The van der Waals surface area contributed by atoms with Gasteiger partial charge in [-0.3, -0.25) is 14.4 Å². The van der Waals surface area contributed by atoms with Crippen LogP contribution in [0.25, 0.3) is 0 Å². The van der Waals surface area contributed by atoms with Crippen molar-refractivity contribution >= 4 is 48.9 Å². The van der Waals surface area contributed by atoms with Gasteiger partial charge in [0.15, 0.2) is 0 Å². The van der Waals surface area contributed by atoms with Crippen molar-refractivity contribution in [1.82, 2.24) is 16.0 Å². The third-order valence-corrected chi connectivity index (χ3v) is 4.22. The minimum atomic E-state index is -1.40.